The molecule has 0 bridgehead atoms. The first kappa shape index (κ1) is 24.7. The average Bonchev–Trinajstić information content (AvgIpc) is 3.61. The van der Waals surface area contributed by atoms with Crippen molar-refractivity contribution >= 4 is 69.9 Å². The Kier molecular flexibility index (Phi) is 5.40. The summed E-state index contributed by atoms with van der Waals surface area (Å²) in [5, 5.41) is 5.93. The van der Waals surface area contributed by atoms with Crippen LogP contribution in [0.3, 0.4) is 0 Å². The van der Waals surface area contributed by atoms with Crippen molar-refractivity contribution in [3.05, 3.63) is 145 Å². The summed E-state index contributed by atoms with van der Waals surface area (Å²) in [4.78, 5) is 14.0. The molecule has 9 aromatic rings. The molecule has 0 amide bonds. The summed E-state index contributed by atoms with van der Waals surface area (Å²) in [6, 6.07) is 46.3. The van der Waals surface area contributed by atoms with Crippen LogP contribution in [0.25, 0.3) is 86.1 Å². The number of hydrogen-bond donors (Lipinski definition) is 0. The predicted molar refractivity (Wildman–Crippen MR) is 184 cm³/mol. The lowest BCUT2D eigenvalue weighted by Crippen LogP contribution is -2.03. The van der Waals surface area contributed by atoms with Crippen molar-refractivity contribution in [3.63, 3.8) is 0 Å². The van der Waals surface area contributed by atoms with Crippen LogP contribution in [-0.4, -0.2) is 14.5 Å². The molecule has 0 atom stereocenters. The number of hydrogen-bond acceptors (Lipinski definition) is 3. The van der Waals surface area contributed by atoms with Crippen LogP contribution in [0.2, 0.25) is 0 Å². The lowest BCUT2D eigenvalue weighted by molar-refractivity contribution is 1.01. The number of para-hydroxylation sites is 2. The van der Waals surface area contributed by atoms with Gasteiger partial charge in [-0.2, -0.15) is 0 Å². The monoisotopic (exact) mass is 578 g/mol. The third kappa shape index (κ3) is 3.75. The maximum absolute atomic E-state index is 7.24. The molecule has 0 spiro atoms. The van der Waals surface area contributed by atoms with Crippen LogP contribution in [0.15, 0.2) is 133 Å². The van der Waals surface area contributed by atoms with Crippen molar-refractivity contribution in [2.75, 3.05) is 0 Å². The highest BCUT2D eigenvalue weighted by molar-refractivity contribution is 7.25. The molecule has 0 saturated heterocycles. The Morgan fingerprint density at radius 1 is 0.523 bits per heavy atom. The van der Waals surface area contributed by atoms with Gasteiger partial charge in [0.05, 0.1) is 28.8 Å². The zero-order valence-corrected chi connectivity index (χ0v) is 24.2. The SMILES string of the molecule is [C-]#[N+]c1ccc(-c2ccc(-c3nc(-n4c5ccccc5c5cc6sc7ccccc7c6cc54)nc4ccccc34)cc2)cc1. The first-order chi connectivity index (χ1) is 21.7. The summed E-state index contributed by atoms with van der Waals surface area (Å²) in [6.07, 6.45) is 0. The molecule has 9 rings (SSSR count). The lowest BCUT2D eigenvalue weighted by Gasteiger charge is -2.12. The quantitative estimate of drug-likeness (QED) is 0.196. The van der Waals surface area contributed by atoms with E-state index >= 15 is 0 Å². The zero-order chi connectivity index (χ0) is 29.2. The molecule has 0 fully saturated rings. The van der Waals surface area contributed by atoms with Crippen LogP contribution >= 0.6 is 11.3 Å². The second-order valence-corrected chi connectivity index (χ2v) is 12.0. The Hall–Kier alpha value is -5.83. The standard InChI is InChI=1S/C39H22N4S/c1-40-27-20-18-25(19-21-27)24-14-16-26(17-15-24)38-30-10-2-5-11-33(30)41-39(42-38)43-34-12-6-3-8-28(34)31-23-37-32(22-35(31)43)29-9-4-7-13-36(29)44-37/h2-23H. The number of aromatic nitrogens is 3. The van der Waals surface area contributed by atoms with Gasteiger partial charge >= 0.3 is 0 Å². The van der Waals surface area contributed by atoms with Gasteiger partial charge in [-0.05, 0) is 41.5 Å². The molecule has 3 aromatic heterocycles. The maximum atomic E-state index is 7.24. The van der Waals surface area contributed by atoms with E-state index in [9.17, 15) is 0 Å². The van der Waals surface area contributed by atoms with Crippen LogP contribution in [0.4, 0.5) is 5.69 Å². The van der Waals surface area contributed by atoms with E-state index in [0.717, 1.165) is 44.3 Å². The summed E-state index contributed by atoms with van der Waals surface area (Å²) in [7, 11) is 0. The van der Waals surface area contributed by atoms with Gasteiger partial charge in [0.25, 0.3) is 0 Å². The average molecular weight is 579 g/mol. The molecule has 5 heteroatoms. The third-order valence-corrected chi connectivity index (χ3v) is 9.58. The number of fused-ring (bicyclic) bond motifs is 7. The first-order valence-electron chi connectivity index (χ1n) is 14.5. The maximum Gasteiger partial charge on any atom is 0.235 e. The highest BCUT2D eigenvalue weighted by Gasteiger charge is 2.19. The van der Waals surface area contributed by atoms with Gasteiger partial charge in [-0.25, -0.2) is 14.8 Å². The normalized spacial score (nSPS) is 11.6. The molecule has 4 nitrogen and oxygen atoms in total. The Balaban J connectivity index is 1.28. The minimum absolute atomic E-state index is 0.642. The molecule has 6 aromatic carbocycles. The fourth-order valence-electron chi connectivity index (χ4n) is 6.34. The van der Waals surface area contributed by atoms with Crippen LogP contribution in [0.5, 0.6) is 0 Å². The Morgan fingerprint density at radius 2 is 1.18 bits per heavy atom. The van der Waals surface area contributed by atoms with Gasteiger partial charge in [0, 0.05) is 41.9 Å². The minimum Gasteiger partial charge on any atom is -0.278 e. The number of nitrogens with zero attached hydrogens (tertiary/aromatic N) is 4. The third-order valence-electron chi connectivity index (χ3n) is 8.45. The molecule has 0 aliphatic carbocycles. The van der Waals surface area contributed by atoms with E-state index in [1.54, 1.807) is 0 Å². The smallest absolute Gasteiger partial charge is 0.235 e. The van der Waals surface area contributed by atoms with E-state index in [-0.39, 0.29) is 0 Å². The molecule has 0 saturated carbocycles. The van der Waals surface area contributed by atoms with Gasteiger partial charge in [-0.15, -0.1) is 11.3 Å². The Bertz CT molecular complexity index is 2600. The van der Waals surface area contributed by atoms with E-state index in [1.807, 2.05) is 47.7 Å². The molecule has 204 valence electrons. The van der Waals surface area contributed by atoms with Gasteiger partial charge in [0.1, 0.15) is 0 Å². The molecule has 0 unspecified atom stereocenters. The predicted octanol–water partition coefficient (Wildman–Crippen LogP) is 11.0. The molecular weight excluding hydrogens is 557 g/mol. The highest BCUT2D eigenvalue weighted by Crippen LogP contribution is 2.40. The van der Waals surface area contributed by atoms with Crippen LogP contribution in [0.1, 0.15) is 0 Å². The molecule has 0 radical (unpaired) electrons. The van der Waals surface area contributed by atoms with Gasteiger partial charge in [-0.3, -0.25) is 4.57 Å². The second-order valence-electron chi connectivity index (χ2n) is 10.9. The van der Waals surface area contributed by atoms with Gasteiger partial charge < -0.3 is 0 Å². The number of rotatable bonds is 3. The van der Waals surface area contributed by atoms with E-state index in [2.05, 4.69) is 106 Å². The molecule has 0 aliphatic heterocycles. The zero-order valence-electron chi connectivity index (χ0n) is 23.4. The van der Waals surface area contributed by atoms with Crippen LogP contribution in [0, 0.1) is 6.57 Å². The molecule has 44 heavy (non-hydrogen) atoms. The van der Waals surface area contributed by atoms with E-state index in [0.29, 0.717) is 11.6 Å². The Morgan fingerprint density at radius 3 is 1.98 bits per heavy atom. The van der Waals surface area contributed by atoms with Crippen molar-refractivity contribution in [2.45, 2.75) is 0 Å². The van der Waals surface area contributed by atoms with E-state index in [4.69, 9.17) is 16.5 Å². The fraction of sp³-hybridized carbons (Fsp3) is 0. The topological polar surface area (TPSA) is 35.1 Å². The van der Waals surface area contributed by atoms with Gasteiger partial charge in [0.15, 0.2) is 5.69 Å². The number of thiophene rings is 1. The van der Waals surface area contributed by atoms with Crippen molar-refractivity contribution in [1.29, 1.82) is 0 Å². The van der Waals surface area contributed by atoms with E-state index < -0.39 is 0 Å². The number of benzene rings is 6. The minimum atomic E-state index is 0.642. The molecule has 0 aliphatic rings. The molecule has 3 heterocycles. The largest absolute Gasteiger partial charge is 0.278 e. The summed E-state index contributed by atoms with van der Waals surface area (Å²) in [5.41, 5.74) is 7.83. The Labute approximate surface area is 256 Å². The fourth-order valence-corrected chi connectivity index (χ4v) is 7.46. The summed E-state index contributed by atoms with van der Waals surface area (Å²) >= 11 is 1.84. The van der Waals surface area contributed by atoms with Crippen molar-refractivity contribution in [1.82, 2.24) is 14.5 Å². The van der Waals surface area contributed by atoms with Gasteiger partial charge in [0.2, 0.25) is 5.95 Å². The van der Waals surface area contributed by atoms with Crippen molar-refractivity contribution < 1.29 is 0 Å². The molecular formula is C39H22N4S. The summed E-state index contributed by atoms with van der Waals surface area (Å²) in [6.45, 7) is 7.24. The highest BCUT2D eigenvalue weighted by atomic mass is 32.1. The summed E-state index contributed by atoms with van der Waals surface area (Å²) < 4.78 is 4.80. The van der Waals surface area contributed by atoms with Crippen molar-refractivity contribution in [3.8, 4) is 28.3 Å². The van der Waals surface area contributed by atoms with Crippen LogP contribution < -0.4 is 0 Å². The van der Waals surface area contributed by atoms with Gasteiger partial charge in [-0.1, -0.05) is 103 Å². The lowest BCUT2D eigenvalue weighted by atomic mass is 10.0. The first-order valence-corrected chi connectivity index (χ1v) is 15.3. The van der Waals surface area contributed by atoms with E-state index in [1.165, 1.54) is 30.9 Å². The summed E-state index contributed by atoms with van der Waals surface area (Å²) in [5.74, 6) is 0.655. The second kappa shape index (κ2) is 9.60. The van der Waals surface area contributed by atoms with Crippen molar-refractivity contribution in [2.24, 2.45) is 0 Å². The molecule has 0 N–H and O–H groups in total. The van der Waals surface area contributed by atoms with Crippen LogP contribution in [-0.2, 0) is 0 Å².